The lowest BCUT2D eigenvalue weighted by Gasteiger charge is -2.37. The van der Waals surface area contributed by atoms with Crippen molar-refractivity contribution in [1.82, 2.24) is 14.8 Å². The van der Waals surface area contributed by atoms with Crippen LogP contribution in [0.5, 0.6) is 0 Å². The molecule has 8 nitrogen and oxygen atoms in total. The van der Waals surface area contributed by atoms with E-state index < -0.39 is 0 Å². The molecule has 8 heteroatoms. The van der Waals surface area contributed by atoms with Gasteiger partial charge in [-0.2, -0.15) is 0 Å². The molecule has 3 heterocycles. The number of amides is 4. The Kier molecular flexibility index (Phi) is 7.22. The Morgan fingerprint density at radius 1 is 0.909 bits per heavy atom. The molecule has 1 aromatic carbocycles. The minimum Gasteiger partial charge on any atom is -0.342 e. The highest BCUT2D eigenvalue weighted by molar-refractivity contribution is 5.92. The smallest absolute Gasteiger partial charge is 0.321 e. The van der Waals surface area contributed by atoms with E-state index in [-0.39, 0.29) is 29.7 Å². The van der Waals surface area contributed by atoms with Crippen LogP contribution in [0.4, 0.5) is 16.3 Å². The van der Waals surface area contributed by atoms with E-state index in [4.69, 9.17) is 0 Å². The third kappa shape index (κ3) is 5.88. The summed E-state index contributed by atoms with van der Waals surface area (Å²) >= 11 is 0. The van der Waals surface area contributed by atoms with Gasteiger partial charge in [0.1, 0.15) is 5.82 Å². The fourth-order valence-electron chi connectivity index (χ4n) is 4.54. The fraction of sp³-hybridized carbons (Fsp3) is 0.440. The molecule has 0 aliphatic carbocycles. The molecule has 0 spiro atoms. The molecule has 0 bridgehead atoms. The summed E-state index contributed by atoms with van der Waals surface area (Å²) in [4.78, 5) is 46.2. The highest BCUT2D eigenvalue weighted by Crippen LogP contribution is 2.24. The standard InChI is InChI=1S/C25H31N5O3/c1-18-9-12-26-22(16-18)28-23(31)19-10-14-29(15-11-19)24(32)20-6-5-13-30(17-20)25(33)27-21-7-3-2-4-8-21/h2-4,7-9,12,16,19-20H,5-6,10-11,13-15,17H2,1H3,(H,27,33)(H,26,28,31). The second-order valence-electron chi connectivity index (χ2n) is 8.89. The highest BCUT2D eigenvalue weighted by Gasteiger charge is 2.34. The van der Waals surface area contributed by atoms with Crippen molar-refractivity contribution in [2.24, 2.45) is 11.8 Å². The highest BCUT2D eigenvalue weighted by atomic mass is 16.2. The van der Waals surface area contributed by atoms with Gasteiger partial charge in [-0.15, -0.1) is 0 Å². The summed E-state index contributed by atoms with van der Waals surface area (Å²) in [6.45, 7) is 4.16. The van der Waals surface area contributed by atoms with E-state index in [0.717, 1.165) is 24.1 Å². The monoisotopic (exact) mass is 449 g/mol. The maximum atomic E-state index is 13.1. The Morgan fingerprint density at radius 2 is 1.67 bits per heavy atom. The number of anilines is 2. The molecule has 1 unspecified atom stereocenters. The molecule has 0 radical (unpaired) electrons. The Hall–Kier alpha value is -3.42. The van der Waals surface area contributed by atoms with Crippen LogP contribution in [0.15, 0.2) is 48.7 Å². The lowest BCUT2D eigenvalue weighted by molar-refractivity contribution is -0.139. The van der Waals surface area contributed by atoms with Gasteiger partial charge in [-0.05, 0) is 62.4 Å². The topological polar surface area (TPSA) is 94.6 Å². The van der Waals surface area contributed by atoms with E-state index >= 15 is 0 Å². The average Bonchev–Trinajstić information content (AvgIpc) is 2.84. The van der Waals surface area contributed by atoms with Gasteiger partial charge in [-0.25, -0.2) is 9.78 Å². The van der Waals surface area contributed by atoms with Crippen LogP contribution in [0.3, 0.4) is 0 Å². The number of pyridine rings is 1. The van der Waals surface area contributed by atoms with Gasteiger partial charge in [0, 0.05) is 44.0 Å². The molecule has 1 atom stereocenters. The number of nitrogens with zero attached hydrogens (tertiary/aromatic N) is 3. The first-order valence-corrected chi connectivity index (χ1v) is 11.6. The van der Waals surface area contributed by atoms with Gasteiger partial charge in [-0.1, -0.05) is 18.2 Å². The van der Waals surface area contributed by atoms with Crippen molar-refractivity contribution in [2.45, 2.75) is 32.6 Å². The van der Waals surface area contributed by atoms with E-state index in [9.17, 15) is 14.4 Å². The van der Waals surface area contributed by atoms with E-state index in [1.165, 1.54) is 0 Å². The Labute approximate surface area is 194 Å². The molecule has 1 aromatic heterocycles. The van der Waals surface area contributed by atoms with Crippen molar-refractivity contribution >= 4 is 29.4 Å². The molecule has 2 fully saturated rings. The first kappa shape index (κ1) is 22.8. The summed E-state index contributed by atoms with van der Waals surface area (Å²) in [6, 6.07) is 12.9. The molecule has 2 aliphatic rings. The number of carbonyl (C=O) groups is 3. The van der Waals surface area contributed by atoms with Gasteiger partial charge < -0.3 is 20.4 Å². The van der Waals surface area contributed by atoms with Crippen molar-refractivity contribution < 1.29 is 14.4 Å². The van der Waals surface area contributed by atoms with E-state index in [1.54, 1.807) is 11.1 Å². The van der Waals surface area contributed by atoms with Crippen molar-refractivity contribution in [2.75, 3.05) is 36.8 Å². The quantitative estimate of drug-likeness (QED) is 0.747. The first-order valence-electron chi connectivity index (χ1n) is 11.6. The predicted octanol–water partition coefficient (Wildman–Crippen LogP) is 3.51. The molecule has 174 valence electrons. The van der Waals surface area contributed by atoms with Gasteiger partial charge in [0.25, 0.3) is 0 Å². The number of urea groups is 1. The minimum atomic E-state index is -0.192. The number of likely N-dealkylation sites (tertiary alicyclic amines) is 2. The normalized spacial score (nSPS) is 19.1. The third-order valence-corrected chi connectivity index (χ3v) is 6.43. The van der Waals surface area contributed by atoms with Crippen LogP contribution in [0.25, 0.3) is 0 Å². The molecular weight excluding hydrogens is 418 g/mol. The Bertz CT molecular complexity index is 989. The van der Waals surface area contributed by atoms with Crippen LogP contribution in [0, 0.1) is 18.8 Å². The lowest BCUT2D eigenvalue weighted by Crippen LogP contribution is -2.50. The first-order chi connectivity index (χ1) is 16.0. The zero-order valence-corrected chi connectivity index (χ0v) is 19.0. The summed E-state index contributed by atoms with van der Waals surface area (Å²) in [5.74, 6) is 0.292. The number of aromatic nitrogens is 1. The van der Waals surface area contributed by atoms with Crippen molar-refractivity contribution in [3.05, 3.63) is 54.2 Å². The molecule has 2 saturated heterocycles. The number of rotatable bonds is 4. The Balaban J connectivity index is 1.26. The number of nitrogens with one attached hydrogen (secondary N) is 2. The van der Waals surface area contributed by atoms with Crippen LogP contribution in [0.2, 0.25) is 0 Å². The van der Waals surface area contributed by atoms with Gasteiger partial charge in [0.2, 0.25) is 11.8 Å². The summed E-state index contributed by atoms with van der Waals surface area (Å²) in [6.07, 6.45) is 4.54. The number of hydrogen-bond donors (Lipinski definition) is 2. The minimum absolute atomic E-state index is 0.0402. The second kappa shape index (κ2) is 10.5. The molecule has 33 heavy (non-hydrogen) atoms. The fourth-order valence-corrected chi connectivity index (χ4v) is 4.54. The number of piperidine rings is 2. The maximum absolute atomic E-state index is 13.1. The molecule has 2 N–H and O–H groups in total. The van der Waals surface area contributed by atoms with E-state index in [0.29, 0.717) is 44.8 Å². The Morgan fingerprint density at radius 3 is 2.39 bits per heavy atom. The lowest BCUT2D eigenvalue weighted by atomic mass is 9.92. The van der Waals surface area contributed by atoms with Gasteiger partial charge in [0.15, 0.2) is 0 Å². The zero-order chi connectivity index (χ0) is 23.2. The van der Waals surface area contributed by atoms with Gasteiger partial charge in [-0.3, -0.25) is 9.59 Å². The van der Waals surface area contributed by atoms with Crippen LogP contribution in [0.1, 0.15) is 31.2 Å². The summed E-state index contributed by atoms with van der Waals surface area (Å²) in [5, 5.41) is 5.80. The maximum Gasteiger partial charge on any atom is 0.321 e. The van der Waals surface area contributed by atoms with Gasteiger partial charge in [0.05, 0.1) is 5.92 Å². The van der Waals surface area contributed by atoms with Gasteiger partial charge >= 0.3 is 6.03 Å². The number of carbonyl (C=O) groups excluding carboxylic acids is 3. The molecular formula is C25H31N5O3. The molecule has 2 aromatic rings. The van der Waals surface area contributed by atoms with Crippen molar-refractivity contribution in [1.29, 1.82) is 0 Å². The zero-order valence-electron chi connectivity index (χ0n) is 19.0. The van der Waals surface area contributed by atoms with Crippen LogP contribution >= 0.6 is 0 Å². The predicted molar refractivity (Wildman–Crippen MR) is 127 cm³/mol. The SMILES string of the molecule is Cc1ccnc(NC(=O)C2CCN(C(=O)C3CCCN(C(=O)Nc4ccccc4)C3)CC2)c1. The molecule has 2 aliphatic heterocycles. The number of para-hydroxylation sites is 1. The summed E-state index contributed by atoms with van der Waals surface area (Å²) in [7, 11) is 0. The van der Waals surface area contributed by atoms with Crippen LogP contribution < -0.4 is 10.6 Å². The van der Waals surface area contributed by atoms with E-state index in [2.05, 4.69) is 15.6 Å². The summed E-state index contributed by atoms with van der Waals surface area (Å²) in [5.41, 5.74) is 1.79. The number of hydrogen-bond acceptors (Lipinski definition) is 4. The third-order valence-electron chi connectivity index (χ3n) is 6.43. The van der Waals surface area contributed by atoms with Crippen molar-refractivity contribution in [3.63, 3.8) is 0 Å². The molecule has 0 saturated carbocycles. The average molecular weight is 450 g/mol. The van der Waals surface area contributed by atoms with Crippen LogP contribution in [-0.2, 0) is 9.59 Å². The number of benzene rings is 1. The van der Waals surface area contributed by atoms with Crippen LogP contribution in [-0.4, -0.2) is 58.8 Å². The van der Waals surface area contributed by atoms with E-state index in [1.807, 2.05) is 54.3 Å². The summed E-state index contributed by atoms with van der Waals surface area (Å²) < 4.78 is 0. The van der Waals surface area contributed by atoms with Crippen molar-refractivity contribution in [3.8, 4) is 0 Å². The number of aryl methyl sites for hydroxylation is 1. The molecule has 4 amide bonds. The largest absolute Gasteiger partial charge is 0.342 e. The second-order valence-corrected chi connectivity index (χ2v) is 8.89. The molecule has 4 rings (SSSR count).